The fourth-order valence-electron chi connectivity index (χ4n) is 1.23. The Balaban J connectivity index is 2.46. The van der Waals surface area contributed by atoms with Crippen LogP contribution in [0.3, 0.4) is 0 Å². The van der Waals surface area contributed by atoms with E-state index in [1.165, 1.54) is 11.3 Å². The fourth-order valence-corrected chi connectivity index (χ4v) is 3.30. The minimum absolute atomic E-state index is 0.0254. The van der Waals surface area contributed by atoms with Gasteiger partial charge in [0.2, 0.25) is 10.0 Å². The van der Waals surface area contributed by atoms with Gasteiger partial charge >= 0.3 is 0 Å². The largest absolute Gasteiger partial charge is 0.396 e. The smallest absolute Gasteiger partial charge is 0.212 e. The lowest BCUT2D eigenvalue weighted by Gasteiger charge is -2.11. The van der Waals surface area contributed by atoms with Gasteiger partial charge < -0.3 is 5.11 Å². The van der Waals surface area contributed by atoms with E-state index < -0.39 is 10.0 Å². The SMILES string of the molecule is CC(NS(=O)(=O)CCCCO)c1nccs1. The normalized spacial score (nSPS) is 13.9. The molecule has 0 saturated carbocycles. The van der Waals surface area contributed by atoms with Crippen LogP contribution in [0.25, 0.3) is 0 Å². The molecule has 2 N–H and O–H groups in total. The first-order valence-electron chi connectivity index (χ1n) is 5.05. The summed E-state index contributed by atoms with van der Waals surface area (Å²) < 4.78 is 25.7. The second kappa shape index (κ2) is 6.29. The van der Waals surface area contributed by atoms with Crippen LogP contribution in [0.5, 0.6) is 0 Å². The lowest BCUT2D eigenvalue weighted by atomic mass is 10.4. The fraction of sp³-hybridized carbons (Fsp3) is 0.667. The number of thiazole rings is 1. The van der Waals surface area contributed by atoms with Gasteiger partial charge in [-0.05, 0) is 19.8 Å². The molecule has 1 unspecified atom stereocenters. The van der Waals surface area contributed by atoms with Crippen molar-refractivity contribution in [3.05, 3.63) is 16.6 Å². The molecule has 1 aromatic rings. The summed E-state index contributed by atoms with van der Waals surface area (Å²) in [5, 5.41) is 11.1. The second-order valence-corrected chi connectivity index (χ2v) is 6.26. The number of rotatable bonds is 7. The monoisotopic (exact) mass is 264 g/mol. The highest BCUT2D eigenvalue weighted by atomic mass is 32.2. The van der Waals surface area contributed by atoms with E-state index >= 15 is 0 Å². The third kappa shape index (κ3) is 4.56. The van der Waals surface area contributed by atoms with Gasteiger partial charge in [0.1, 0.15) is 5.01 Å². The number of sulfonamides is 1. The minimum Gasteiger partial charge on any atom is -0.396 e. The maximum Gasteiger partial charge on any atom is 0.212 e. The molecule has 0 radical (unpaired) electrons. The number of aliphatic hydroxyl groups is 1. The topological polar surface area (TPSA) is 79.3 Å². The van der Waals surface area contributed by atoms with E-state index in [9.17, 15) is 8.42 Å². The van der Waals surface area contributed by atoms with Crippen molar-refractivity contribution < 1.29 is 13.5 Å². The number of aliphatic hydroxyl groups excluding tert-OH is 1. The molecule has 0 fully saturated rings. The van der Waals surface area contributed by atoms with Gasteiger partial charge in [-0.1, -0.05) is 0 Å². The summed E-state index contributed by atoms with van der Waals surface area (Å²) in [6, 6.07) is -0.292. The third-order valence-electron chi connectivity index (χ3n) is 2.00. The van der Waals surface area contributed by atoms with E-state index in [0.29, 0.717) is 12.8 Å². The molecular weight excluding hydrogens is 248 g/mol. The average molecular weight is 264 g/mol. The molecule has 0 bridgehead atoms. The standard InChI is InChI=1S/C9H16N2O3S2/c1-8(9-10-4-6-15-9)11-16(13,14)7-3-2-5-12/h4,6,8,11-12H,2-3,5,7H2,1H3. The third-order valence-corrected chi connectivity index (χ3v) is 4.50. The lowest BCUT2D eigenvalue weighted by Crippen LogP contribution is -2.29. The Labute approximate surface area is 99.6 Å². The van der Waals surface area contributed by atoms with E-state index in [2.05, 4.69) is 9.71 Å². The van der Waals surface area contributed by atoms with Crippen LogP contribution in [0.4, 0.5) is 0 Å². The first kappa shape index (κ1) is 13.6. The Kier molecular flexibility index (Phi) is 5.33. The summed E-state index contributed by atoms with van der Waals surface area (Å²) in [5.41, 5.74) is 0. The highest BCUT2D eigenvalue weighted by Crippen LogP contribution is 2.15. The summed E-state index contributed by atoms with van der Waals surface area (Å²) in [7, 11) is -3.27. The van der Waals surface area contributed by atoms with Crippen molar-refractivity contribution >= 4 is 21.4 Å². The molecular formula is C9H16N2O3S2. The number of hydrogen-bond donors (Lipinski definition) is 2. The zero-order valence-corrected chi connectivity index (χ0v) is 10.7. The van der Waals surface area contributed by atoms with E-state index in [1.54, 1.807) is 13.1 Å². The Hall–Kier alpha value is -0.500. The van der Waals surface area contributed by atoms with Crippen molar-refractivity contribution in [3.8, 4) is 0 Å². The van der Waals surface area contributed by atoms with Crippen molar-refractivity contribution in [2.24, 2.45) is 0 Å². The number of unbranched alkanes of at least 4 members (excludes halogenated alkanes) is 1. The quantitative estimate of drug-likeness (QED) is 0.717. The van der Waals surface area contributed by atoms with E-state index in [1.807, 2.05) is 5.38 Å². The lowest BCUT2D eigenvalue weighted by molar-refractivity contribution is 0.287. The molecule has 1 rings (SSSR count). The van der Waals surface area contributed by atoms with E-state index in [-0.39, 0.29) is 18.4 Å². The number of hydrogen-bond acceptors (Lipinski definition) is 5. The van der Waals surface area contributed by atoms with Gasteiger partial charge in [0.25, 0.3) is 0 Å². The summed E-state index contributed by atoms with van der Waals surface area (Å²) in [6.45, 7) is 1.79. The van der Waals surface area contributed by atoms with E-state index in [0.717, 1.165) is 5.01 Å². The van der Waals surface area contributed by atoms with Crippen LogP contribution in [-0.2, 0) is 10.0 Å². The number of aromatic nitrogens is 1. The first-order valence-corrected chi connectivity index (χ1v) is 7.58. The summed E-state index contributed by atoms with van der Waals surface area (Å²) >= 11 is 1.42. The zero-order valence-electron chi connectivity index (χ0n) is 9.09. The van der Waals surface area contributed by atoms with Gasteiger partial charge in [0.05, 0.1) is 11.8 Å². The predicted octanol–water partition coefficient (Wildman–Crippen LogP) is 0.896. The average Bonchev–Trinajstić information content (AvgIpc) is 2.69. The molecule has 0 aliphatic carbocycles. The van der Waals surface area contributed by atoms with Crippen LogP contribution >= 0.6 is 11.3 Å². The van der Waals surface area contributed by atoms with Gasteiger partial charge in [-0.25, -0.2) is 18.1 Å². The van der Waals surface area contributed by atoms with Crippen LogP contribution in [0.2, 0.25) is 0 Å². The van der Waals surface area contributed by atoms with Crippen LogP contribution in [0.1, 0.15) is 30.8 Å². The Morgan fingerprint density at radius 2 is 2.31 bits per heavy atom. The highest BCUT2D eigenvalue weighted by molar-refractivity contribution is 7.89. The molecule has 0 aliphatic rings. The molecule has 5 nitrogen and oxygen atoms in total. The summed E-state index contributed by atoms with van der Waals surface area (Å²) in [4.78, 5) is 4.05. The van der Waals surface area contributed by atoms with Gasteiger partial charge in [0.15, 0.2) is 0 Å². The van der Waals surface area contributed by atoms with Crippen molar-refractivity contribution in [3.63, 3.8) is 0 Å². The number of nitrogens with one attached hydrogen (secondary N) is 1. The Morgan fingerprint density at radius 3 is 2.88 bits per heavy atom. The van der Waals surface area contributed by atoms with Crippen LogP contribution in [0.15, 0.2) is 11.6 Å². The Morgan fingerprint density at radius 1 is 1.56 bits per heavy atom. The van der Waals surface area contributed by atoms with Crippen molar-refractivity contribution in [2.45, 2.75) is 25.8 Å². The van der Waals surface area contributed by atoms with Crippen LogP contribution < -0.4 is 4.72 Å². The van der Waals surface area contributed by atoms with Gasteiger partial charge in [-0.2, -0.15) is 0 Å². The van der Waals surface area contributed by atoms with Gasteiger partial charge in [-0.3, -0.25) is 0 Å². The predicted molar refractivity (Wildman–Crippen MR) is 63.8 cm³/mol. The van der Waals surface area contributed by atoms with Crippen LogP contribution in [0, 0.1) is 0 Å². The molecule has 92 valence electrons. The zero-order chi connectivity index (χ0) is 12.0. The second-order valence-electron chi connectivity index (χ2n) is 3.46. The first-order chi connectivity index (χ1) is 7.55. The molecule has 16 heavy (non-hydrogen) atoms. The van der Waals surface area contributed by atoms with Gasteiger partial charge in [0, 0.05) is 18.2 Å². The molecule has 0 spiro atoms. The summed E-state index contributed by atoms with van der Waals surface area (Å²) in [5.74, 6) is 0.0449. The molecule has 1 atom stereocenters. The van der Waals surface area contributed by atoms with Crippen LogP contribution in [-0.4, -0.2) is 30.9 Å². The maximum absolute atomic E-state index is 11.6. The summed E-state index contributed by atoms with van der Waals surface area (Å²) in [6.07, 6.45) is 2.62. The molecule has 0 amide bonds. The Bertz CT molecular complexity index is 389. The van der Waals surface area contributed by atoms with Crippen molar-refractivity contribution in [1.82, 2.24) is 9.71 Å². The molecule has 1 aromatic heterocycles. The van der Waals surface area contributed by atoms with Crippen molar-refractivity contribution in [2.75, 3.05) is 12.4 Å². The maximum atomic E-state index is 11.6. The molecule has 1 heterocycles. The minimum atomic E-state index is -3.27. The number of nitrogens with zero attached hydrogens (tertiary/aromatic N) is 1. The highest BCUT2D eigenvalue weighted by Gasteiger charge is 2.16. The molecule has 0 aromatic carbocycles. The van der Waals surface area contributed by atoms with Gasteiger partial charge in [-0.15, -0.1) is 11.3 Å². The van der Waals surface area contributed by atoms with Crippen molar-refractivity contribution in [1.29, 1.82) is 0 Å². The molecule has 0 saturated heterocycles. The molecule has 0 aliphatic heterocycles. The molecule has 7 heteroatoms. The van der Waals surface area contributed by atoms with E-state index in [4.69, 9.17) is 5.11 Å².